The molecule has 1 aromatic carbocycles. The van der Waals surface area contributed by atoms with E-state index >= 15 is 0 Å². The molecule has 2 rings (SSSR count). The van der Waals surface area contributed by atoms with Gasteiger partial charge in [0.2, 0.25) is 7.37 Å². The van der Waals surface area contributed by atoms with E-state index in [-0.39, 0.29) is 30.8 Å². The Balaban J connectivity index is 1.80. The van der Waals surface area contributed by atoms with Crippen LogP contribution in [0.15, 0.2) is 18.2 Å². The molecule has 0 radical (unpaired) electrons. The van der Waals surface area contributed by atoms with Gasteiger partial charge in [-0.05, 0) is 43.4 Å². The van der Waals surface area contributed by atoms with Crippen molar-refractivity contribution in [2.24, 2.45) is 5.92 Å². The summed E-state index contributed by atoms with van der Waals surface area (Å²) < 4.78 is 28.1. The number of hydrogen-bond acceptors (Lipinski definition) is 3. The van der Waals surface area contributed by atoms with Gasteiger partial charge in [-0.15, -0.1) is 0 Å². The van der Waals surface area contributed by atoms with Gasteiger partial charge < -0.3 is 15.3 Å². The molecule has 0 heterocycles. The van der Waals surface area contributed by atoms with Crippen molar-refractivity contribution < 1.29 is 17.3 Å². The molecule has 0 amide bonds. The number of halogens is 2. The van der Waals surface area contributed by atoms with Crippen LogP contribution in [0.1, 0.15) is 53.3 Å². The molecule has 1 aromatic rings. The first kappa shape index (κ1) is 18.3. The van der Waals surface area contributed by atoms with Crippen molar-refractivity contribution in [3.05, 3.63) is 33.8 Å². The van der Waals surface area contributed by atoms with Crippen LogP contribution >= 0.6 is 30.6 Å². The van der Waals surface area contributed by atoms with Crippen molar-refractivity contribution in [1.82, 2.24) is 5.32 Å². The zero-order valence-electron chi connectivity index (χ0n) is 16.4. The average molecular weight is 412 g/mol. The van der Waals surface area contributed by atoms with Crippen LogP contribution in [-0.2, 0) is 4.57 Å². The highest BCUT2D eigenvalue weighted by Crippen LogP contribution is 2.45. The molecule has 7 heteroatoms. The van der Waals surface area contributed by atoms with Gasteiger partial charge in [0.1, 0.15) is 0 Å². The summed E-state index contributed by atoms with van der Waals surface area (Å²) in [6.45, 7) is 2.10. The predicted octanol–water partition coefficient (Wildman–Crippen LogP) is 4.86. The fourth-order valence-corrected chi connectivity index (χ4v) is 5.49. The van der Waals surface area contributed by atoms with Crippen LogP contribution in [0.25, 0.3) is 0 Å². The predicted molar refractivity (Wildman–Crippen MR) is 105 cm³/mol. The standard InChI is InChI=1S/C18H28Cl2NO3P/c1-13(15-7-8-17(19)18(20)9-15)21-10-16(22)12-25(23,24)11-14-5-3-2-4-6-14/h7-9,13-14,16,21-22H,2-6,10-12H2,1H3,(H,23,24)/t13-,16-/m0/s1/i2T,3T/t2?,3?,13-,14?,16-. The van der Waals surface area contributed by atoms with E-state index in [1.54, 1.807) is 12.1 Å². The molecule has 4 nitrogen and oxygen atoms in total. The second kappa shape index (κ2) is 9.73. The SMILES string of the molecule is [3H]C1CCC(CP(=O)(O)C[C@@H](O)CN[C@@H](C)c2ccc(Cl)c(Cl)c2)CC1[3H]. The molecular formula is C18H28Cl2NO3P. The molecule has 3 N–H and O–H groups in total. The summed E-state index contributed by atoms with van der Waals surface area (Å²) in [4.78, 5) is 10.3. The second-order valence-corrected chi connectivity index (χ2v) is 10.1. The van der Waals surface area contributed by atoms with Crippen LogP contribution in [0.4, 0.5) is 0 Å². The molecular weight excluding hydrogens is 380 g/mol. The highest BCUT2D eigenvalue weighted by molar-refractivity contribution is 7.58. The first-order chi connectivity index (χ1) is 12.6. The monoisotopic (exact) mass is 411 g/mol. The Bertz CT molecular complexity index is 682. The Morgan fingerprint density at radius 1 is 1.36 bits per heavy atom. The summed E-state index contributed by atoms with van der Waals surface area (Å²) in [5.41, 5.74) is 0.914. The summed E-state index contributed by atoms with van der Waals surface area (Å²) in [5, 5.41) is 14.3. The van der Waals surface area contributed by atoms with Crippen molar-refractivity contribution in [2.75, 3.05) is 18.9 Å². The van der Waals surface area contributed by atoms with Crippen LogP contribution in [0.2, 0.25) is 10.0 Å². The normalized spacial score (nSPS) is 30.0. The fraction of sp³-hybridized carbons (Fsp3) is 0.667. The van der Waals surface area contributed by atoms with E-state index in [0.717, 1.165) is 5.56 Å². The van der Waals surface area contributed by atoms with Gasteiger partial charge in [-0.3, -0.25) is 4.57 Å². The van der Waals surface area contributed by atoms with Crippen LogP contribution in [0, 0.1) is 5.92 Å². The molecule has 142 valence electrons. The Morgan fingerprint density at radius 2 is 2.12 bits per heavy atom. The molecule has 4 unspecified atom stereocenters. The summed E-state index contributed by atoms with van der Waals surface area (Å²) >= 11 is 11.9. The van der Waals surface area contributed by atoms with Gasteiger partial charge in [0, 0.05) is 21.5 Å². The van der Waals surface area contributed by atoms with E-state index in [1.165, 1.54) is 0 Å². The topological polar surface area (TPSA) is 69.6 Å². The van der Waals surface area contributed by atoms with Crippen molar-refractivity contribution in [2.45, 2.75) is 51.1 Å². The largest absolute Gasteiger partial charge is 0.391 e. The number of hydrogen-bond donors (Lipinski definition) is 3. The van der Waals surface area contributed by atoms with Crippen LogP contribution in [0.3, 0.4) is 0 Å². The maximum Gasteiger partial charge on any atom is 0.203 e. The Morgan fingerprint density at radius 3 is 2.80 bits per heavy atom. The van der Waals surface area contributed by atoms with Crippen LogP contribution in [0.5, 0.6) is 0 Å². The average Bonchev–Trinajstić information content (AvgIpc) is 2.57. The summed E-state index contributed by atoms with van der Waals surface area (Å²) in [6.07, 6.45) is -0.0706. The third kappa shape index (κ3) is 7.21. The van der Waals surface area contributed by atoms with Gasteiger partial charge in [-0.25, -0.2) is 0 Å². The van der Waals surface area contributed by atoms with E-state index in [9.17, 15) is 14.6 Å². The second-order valence-electron chi connectivity index (χ2n) is 6.82. The highest BCUT2D eigenvalue weighted by atomic mass is 35.5. The van der Waals surface area contributed by atoms with E-state index in [1.807, 2.05) is 13.0 Å². The number of aliphatic hydroxyl groups is 1. The van der Waals surface area contributed by atoms with Crippen molar-refractivity contribution in [3.63, 3.8) is 0 Å². The number of aliphatic hydroxyl groups excluding tert-OH is 1. The Kier molecular flexibility index (Phi) is 7.12. The van der Waals surface area contributed by atoms with E-state index in [4.69, 9.17) is 25.9 Å². The minimum Gasteiger partial charge on any atom is -0.391 e. The van der Waals surface area contributed by atoms with E-state index in [2.05, 4.69) is 5.32 Å². The van der Waals surface area contributed by atoms with Gasteiger partial charge in [-0.1, -0.05) is 48.5 Å². The van der Waals surface area contributed by atoms with Gasteiger partial charge in [0.15, 0.2) is 0 Å². The first-order valence-electron chi connectivity index (χ1n) is 9.74. The van der Waals surface area contributed by atoms with Gasteiger partial charge in [-0.2, -0.15) is 0 Å². The lowest BCUT2D eigenvalue weighted by Crippen LogP contribution is -2.32. The zero-order chi connectivity index (χ0) is 20.2. The summed E-state index contributed by atoms with van der Waals surface area (Å²) in [7, 11) is -3.48. The Hall–Kier alpha value is -0.0900. The summed E-state index contributed by atoms with van der Waals surface area (Å²) in [5.74, 6) is -0.0137. The molecule has 0 bridgehead atoms. The van der Waals surface area contributed by atoms with Crippen molar-refractivity contribution in [1.29, 1.82) is 0 Å². The maximum absolute atomic E-state index is 12.5. The van der Waals surface area contributed by atoms with Gasteiger partial charge >= 0.3 is 0 Å². The van der Waals surface area contributed by atoms with Crippen LogP contribution < -0.4 is 5.32 Å². The molecule has 0 aromatic heterocycles. The van der Waals surface area contributed by atoms with E-state index in [0.29, 0.717) is 29.3 Å². The molecule has 0 spiro atoms. The maximum atomic E-state index is 12.5. The number of rotatable bonds is 8. The Labute approximate surface area is 163 Å². The smallest absolute Gasteiger partial charge is 0.203 e. The lowest BCUT2D eigenvalue weighted by atomic mass is 9.91. The number of nitrogens with one attached hydrogen (secondary N) is 1. The summed E-state index contributed by atoms with van der Waals surface area (Å²) in [6, 6.07) is 5.21. The molecule has 1 aliphatic rings. The molecule has 25 heavy (non-hydrogen) atoms. The molecule has 0 saturated heterocycles. The molecule has 1 fully saturated rings. The van der Waals surface area contributed by atoms with Gasteiger partial charge in [0.05, 0.1) is 22.3 Å². The van der Waals surface area contributed by atoms with Crippen LogP contribution in [-0.4, -0.2) is 35.0 Å². The lowest BCUT2D eigenvalue weighted by Gasteiger charge is -2.25. The quantitative estimate of drug-likeness (QED) is 0.534. The molecule has 6 atom stereocenters. The highest BCUT2D eigenvalue weighted by Gasteiger charge is 2.28. The fourth-order valence-electron chi connectivity index (χ4n) is 3.11. The molecule has 0 aliphatic heterocycles. The third-order valence-electron chi connectivity index (χ3n) is 4.52. The molecule has 1 aliphatic carbocycles. The zero-order valence-corrected chi connectivity index (χ0v) is 16.8. The minimum absolute atomic E-state index is 0.0137. The minimum atomic E-state index is -3.48. The van der Waals surface area contributed by atoms with Crippen molar-refractivity contribution in [3.8, 4) is 0 Å². The van der Waals surface area contributed by atoms with Crippen molar-refractivity contribution >= 4 is 30.6 Å². The first-order valence-corrected chi connectivity index (χ1v) is 11.4. The van der Waals surface area contributed by atoms with Gasteiger partial charge in [0.25, 0.3) is 0 Å². The van der Waals surface area contributed by atoms with E-state index < -0.39 is 26.3 Å². The third-order valence-corrected chi connectivity index (χ3v) is 7.34. The number of benzene rings is 1. The molecule has 1 saturated carbocycles. The lowest BCUT2D eigenvalue weighted by molar-refractivity contribution is 0.186.